The van der Waals surface area contributed by atoms with Gasteiger partial charge in [0.25, 0.3) is 0 Å². The van der Waals surface area contributed by atoms with Crippen molar-refractivity contribution in [2.24, 2.45) is 0 Å². The third-order valence-electron chi connectivity index (χ3n) is 1.24. The Hall–Kier alpha value is -1.48. The monoisotopic (exact) mass is 197 g/mol. The van der Waals surface area contributed by atoms with Gasteiger partial charge in [0, 0.05) is 12.4 Å². The molecule has 0 aromatic carbocycles. The maximum Gasteiger partial charge on any atom is 0.0924 e. The lowest BCUT2D eigenvalue weighted by molar-refractivity contribution is 1.31. The van der Waals surface area contributed by atoms with Gasteiger partial charge in [0.15, 0.2) is 0 Å². The Labute approximate surface area is 83.3 Å². The smallest absolute Gasteiger partial charge is 0.0924 e. The fourth-order valence-corrected chi connectivity index (χ4v) is 0.656. The molecule has 2 aromatic rings. The number of hydrogen-bond acceptors (Lipinski definition) is 1. The zero-order valence-corrected chi connectivity index (χ0v) is 7.92. The van der Waals surface area contributed by atoms with E-state index in [1.807, 2.05) is 24.5 Å². The molecule has 0 aliphatic heterocycles. The summed E-state index contributed by atoms with van der Waals surface area (Å²) >= 11 is 0. The van der Waals surface area contributed by atoms with Crippen molar-refractivity contribution in [3.63, 3.8) is 0 Å². The van der Waals surface area contributed by atoms with E-state index in [-0.39, 0.29) is 12.4 Å². The molecular weight excluding hydrogens is 186 g/mol. The van der Waals surface area contributed by atoms with E-state index in [4.69, 9.17) is 0 Å². The highest BCUT2D eigenvalue weighted by molar-refractivity contribution is 5.85. The Balaban J connectivity index is 0.000000215. The summed E-state index contributed by atoms with van der Waals surface area (Å²) in [7, 11) is 0. The first kappa shape index (κ1) is 11.5. The first-order valence-corrected chi connectivity index (χ1v) is 3.62. The van der Waals surface area contributed by atoms with Crippen LogP contribution in [0.3, 0.4) is 0 Å². The van der Waals surface area contributed by atoms with Gasteiger partial charge in [0.1, 0.15) is 0 Å². The molecule has 2 rings (SSSR count). The lowest BCUT2D eigenvalue weighted by Gasteiger charge is -1.72. The fourth-order valence-electron chi connectivity index (χ4n) is 0.656. The van der Waals surface area contributed by atoms with Gasteiger partial charge in [0.2, 0.25) is 0 Å². The summed E-state index contributed by atoms with van der Waals surface area (Å²) in [5, 5.41) is 0. The van der Waals surface area contributed by atoms with E-state index in [0.29, 0.717) is 0 Å². The van der Waals surface area contributed by atoms with E-state index in [2.05, 4.69) is 21.5 Å². The van der Waals surface area contributed by atoms with Crippen LogP contribution in [-0.4, -0.2) is 15.0 Å². The number of nitrogens with one attached hydrogen (secondary N) is 2. The minimum Gasteiger partial charge on any atom is -0.368 e. The quantitative estimate of drug-likeness (QED) is 0.725. The van der Waals surface area contributed by atoms with Crippen molar-refractivity contribution in [3.05, 3.63) is 49.3 Å². The zero-order valence-electron chi connectivity index (χ0n) is 7.10. The highest BCUT2D eigenvalue weighted by atomic mass is 35.5. The van der Waals surface area contributed by atoms with Crippen LogP contribution in [0.5, 0.6) is 0 Å². The van der Waals surface area contributed by atoms with Crippen molar-refractivity contribution in [3.8, 4) is 0 Å². The molecule has 4 heteroatoms. The lowest BCUT2D eigenvalue weighted by Crippen LogP contribution is -1.61. The zero-order chi connectivity index (χ0) is 8.65. The molecule has 0 atom stereocenters. The van der Waals surface area contributed by atoms with Gasteiger partial charge in [-0.3, -0.25) is 0 Å². The summed E-state index contributed by atoms with van der Waals surface area (Å²) in [6, 6.07) is 3.89. The van der Waals surface area contributed by atoms with Crippen LogP contribution in [0, 0.1) is 0 Å². The van der Waals surface area contributed by atoms with Crippen molar-refractivity contribution in [1.29, 1.82) is 0 Å². The summed E-state index contributed by atoms with van der Waals surface area (Å²) in [6.07, 6.45) is 8.80. The van der Waals surface area contributed by atoms with Crippen LogP contribution in [0.1, 0.15) is 5.69 Å². The molecule has 70 valence electrons. The SMILES string of the molecule is C=Cc1cnc[nH]1.Cl.c1cc[nH]c1. The predicted octanol–water partition coefficient (Wildman–Crippen LogP) is 2.49. The average molecular weight is 198 g/mol. The molecule has 0 spiro atoms. The van der Waals surface area contributed by atoms with Crippen molar-refractivity contribution in [2.75, 3.05) is 0 Å². The first-order chi connectivity index (χ1) is 5.93. The Bertz CT molecular complexity index is 269. The fraction of sp³-hybridized carbons (Fsp3) is 0. The summed E-state index contributed by atoms with van der Waals surface area (Å²) in [5.41, 5.74) is 0.958. The first-order valence-electron chi connectivity index (χ1n) is 3.62. The highest BCUT2D eigenvalue weighted by Crippen LogP contribution is 1.88. The average Bonchev–Trinajstić information content (AvgIpc) is 2.81. The molecule has 13 heavy (non-hydrogen) atoms. The number of H-pyrrole nitrogens is 2. The van der Waals surface area contributed by atoms with Crippen molar-refractivity contribution >= 4 is 18.5 Å². The Morgan fingerprint density at radius 1 is 1.31 bits per heavy atom. The summed E-state index contributed by atoms with van der Waals surface area (Å²) in [6.45, 7) is 3.53. The summed E-state index contributed by atoms with van der Waals surface area (Å²) in [5.74, 6) is 0. The molecule has 0 aliphatic rings. The van der Waals surface area contributed by atoms with E-state index in [1.165, 1.54) is 0 Å². The molecule has 0 bridgehead atoms. The normalized spacial score (nSPS) is 7.69. The molecule has 0 radical (unpaired) electrons. The van der Waals surface area contributed by atoms with Crippen molar-refractivity contribution in [2.45, 2.75) is 0 Å². The number of aromatic nitrogens is 3. The number of halogens is 1. The predicted molar refractivity (Wildman–Crippen MR) is 56.7 cm³/mol. The molecule has 0 amide bonds. The number of imidazole rings is 1. The number of aromatic amines is 2. The minimum atomic E-state index is 0. The molecule has 0 unspecified atom stereocenters. The standard InChI is InChI=1S/C5H6N2.C4H5N.ClH/c1-2-5-3-6-4-7-5;1-2-4-5-3-1;/h2-4H,1H2,(H,6,7);1-5H;1H. The van der Waals surface area contributed by atoms with E-state index < -0.39 is 0 Å². The lowest BCUT2D eigenvalue weighted by atomic mass is 10.5. The molecule has 0 fully saturated rings. The summed E-state index contributed by atoms with van der Waals surface area (Å²) < 4.78 is 0. The third kappa shape index (κ3) is 4.87. The van der Waals surface area contributed by atoms with E-state index in [1.54, 1.807) is 18.6 Å². The maximum atomic E-state index is 3.77. The third-order valence-corrected chi connectivity index (χ3v) is 1.24. The van der Waals surface area contributed by atoms with Crippen molar-refractivity contribution < 1.29 is 0 Å². The van der Waals surface area contributed by atoms with E-state index in [9.17, 15) is 0 Å². The molecule has 0 aliphatic carbocycles. The van der Waals surface area contributed by atoms with Gasteiger partial charge in [-0.2, -0.15) is 0 Å². The molecule has 0 saturated heterocycles. The molecular formula is C9H12ClN3. The van der Waals surface area contributed by atoms with Crippen LogP contribution in [0.25, 0.3) is 6.08 Å². The van der Waals surface area contributed by atoms with Gasteiger partial charge >= 0.3 is 0 Å². The molecule has 0 saturated carbocycles. The van der Waals surface area contributed by atoms with E-state index >= 15 is 0 Å². The summed E-state index contributed by atoms with van der Waals surface area (Å²) in [4.78, 5) is 9.48. The second kappa shape index (κ2) is 7.18. The Morgan fingerprint density at radius 3 is 2.23 bits per heavy atom. The molecule has 3 nitrogen and oxygen atoms in total. The second-order valence-electron chi connectivity index (χ2n) is 2.10. The van der Waals surface area contributed by atoms with Crippen LogP contribution in [-0.2, 0) is 0 Å². The van der Waals surface area contributed by atoms with Crippen LogP contribution in [0.2, 0.25) is 0 Å². The van der Waals surface area contributed by atoms with Gasteiger partial charge in [-0.15, -0.1) is 12.4 Å². The molecule has 2 aromatic heterocycles. The highest BCUT2D eigenvalue weighted by Gasteiger charge is 1.77. The van der Waals surface area contributed by atoms with Crippen LogP contribution < -0.4 is 0 Å². The van der Waals surface area contributed by atoms with Gasteiger partial charge in [-0.1, -0.05) is 6.58 Å². The van der Waals surface area contributed by atoms with Crippen molar-refractivity contribution in [1.82, 2.24) is 15.0 Å². The van der Waals surface area contributed by atoms with Gasteiger partial charge < -0.3 is 9.97 Å². The Morgan fingerprint density at radius 2 is 2.00 bits per heavy atom. The molecule has 2 heterocycles. The minimum absolute atomic E-state index is 0. The van der Waals surface area contributed by atoms with Gasteiger partial charge in [-0.25, -0.2) is 4.98 Å². The largest absolute Gasteiger partial charge is 0.368 e. The second-order valence-corrected chi connectivity index (χ2v) is 2.10. The number of hydrogen-bond donors (Lipinski definition) is 2. The number of nitrogens with zero attached hydrogens (tertiary/aromatic N) is 1. The van der Waals surface area contributed by atoms with Crippen LogP contribution >= 0.6 is 12.4 Å². The number of rotatable bonds is 1. The van der Waals surface area contributed by atoms with E-state index in [0.717, 1.165) is 5.69 Å². The van der Waals surface area contributed by atoms with Gasteiger partial charge in [0.05, 0.1) is 18.2 Å². The van der Waals surface area contributed by atoms with Gasteiger partial charge in [-0.05, 0) is 18.2 Å². The topological polar surface area (TPSA) is 44.5 Å². The maximum absolute atomic E-state index is 3.77. The Kier molecular flexibility index (Phi) is 6.37. The van der Waals surface area contributed by atoms with Crippen LogP contribution in [0.4, 0.5) is 0 Å². The van der Waals surface area contributed by atoms with Crippen LogP contribution in [0.15, 0.2) is 43.6 Å². The molecule has 2 N–H and O–H groups in total.